The third kappa shape index (κ3) is 7.64. The number of anilines is 1. The molecule has 0 aliphatic heterocycles. The maximum absolute atomic E-state index is 13.5. The molecule has 5 rings (SSSR count). The van der Waals surface area contributed by atoms with Crippen molar-refractivity contribution in [3.05, 3.63) is 94.5 Å². The van der Waals surface area contributed by atoms with Gasteiger partial charge in [0.15, 0.2) is 0 Å². The molecular formula is C36H43N3O4. The number of aryl methyl sites for hydroxylation is 1. The molecule has 0 spiro atoms. The Balaban J connectivity index is 1.22. The van der Waals surface area contributed by atoms with Crippen LogP contribution in [0.2, 0.25) is 0 Å². The molecule has 3 aromatic rings. The molecule has 3 aromatic carbocycles. The van der Waals surface area contributed by atoms with E-state index in [4.69, 9.17) is 4.74 Å². The first-order valence-electron chi connectivity index (χ1n) is 15.5. The molecule has 7 nitrogen and oxygen atoms in total. The normalized spacial score (nSPS) is 18.8. The van der Waals surface area contributed by atoms with Gasteiger partial charge in [-0.1, -0.05) is 61.4 Å². The smallest absolute Gasteiger partial charge is 0.410 e. The van der Waals surface area contributed by atoms with Gasteiger partial charge in [-0.05, 0) is 98.4 Å². The van der Waals surface area contributed by atoms with Crippen molar-refractivity contribution in [3.63, 3.8) is 0 Å². The summed E-state index contributed by atoms with van der Waals surface area (Å²) in [5.74, 6) is 0.661. The zero-order valence-electron chi connectivity index (χ0n) is 25.7. The SMILES string of the molecule is CC(=O)Nc1ccc([C@H](C)NC(=O)[C@H]2CCCC[C@@H]2c2ccc(CN(C(=O)Oc3cccc(C)c3C)C3CC3)cc2)cc1. The van der Waals surface area contributed by atoms with Crippen LogP contribution in [0, 0.1) is 19.8 Å². The predicted molar refractivity (Wildman–Crippen MR) is 169 cm³/mol. The van der Waals surface area contributed by atoms with Crippen LogP contribution in [0.15, 0.2) is 66.7 Å². The number of rotatable bonds is 9. The summed E-state index contributed by atoms with van der Waals surface area (Å²) in [5.41, 5.74) is 6.05. The lowest BCUT2D eigenvalue weighted by atomic mass is 9.74. The predicted octanol–water partition coefficient (Wildman–Crippen LogP) is 7.58. The van der Waals surface area contributed by atoms with Crippen LogP contribution < -0.4 is 15.4 Å². The van der Waals surface area contributed by atoms with Crippen molar-refractivity contribution >= 4 is 23.6 Å². The van der Waals surface area contributed by atoms with Gasteiger partial charge >= 0.3 is 6.09 Å². The van der Waals surface area contributed by atoms with Gasteiger partial charge in [0, 0.05) is 31.1 Å². The van der Waals surface area contributed by atoms with Crippen LogP contribution in [0.5, 0.6) is 5.75 Å². The van der Waals surface area contributed by atoms with Crippen LogP contribution in [0.25, 0.3) is 0 Å². The van der Waals surface area contributed by atoms with Gasteiger partial charge in [-0.2, -0.15) is 0 Å². The summed E-state index contributed by atoms with van der Waals surface area (Å²) in [5, 5.41) is 6.02. The molecule has 0 unspecified atom stereocenters. The fraction of sp³-hybridized carbons (Fsp3) is 0.417. The maximum atomic E-state index is 13.5. The minimum Gasteiger partial charge on any atom is -0.410 e. The summed E-state index contributed by atoms with van der Waals surface area (Å²) in [4.78, 5) is 39.9. The Hall–Kier alpha value is -4.13. The monoisotopic (exact) mass is 581 g/mol. The van der Waals surface area contributed by atoms with Crippen molar-refractivity contribution in [2.75, 3.05) is 5.32 Å². The highest BCUT2D eigenvalue weighted by molar-refractivity contribution is 5.88. The first-order valence-corrected chi connectivity index (χ1v) is 15.5. The van der Waals surface area contributed by atoms with Crippen molar-refractivity contribution in [1.82, 2.24) is 10.2 Å². The molecule has 43 heavy (non-hydrogen) atoms. The highest BCUT2D eigenvalue weighted by Gasteiger charge is 2.35. The van der Waals surface area contributed by atoms with E-state index in [1.54, 1.807) is 0 Å². The lowest BCUT2D eigenvalue weighted by molar-refractivity contribution is -0.127. The van der Waals surface area contributed by atoms with E-state index in [2.05, 4.69) is 34.9 Å². The van der Waals surface area contributed by atoms with E-state index in [-0.39, 0.29) is 41.8 Å². The van der Waals surface area contributed by atoms with Crippen LogP contribution in [0.3, 0.4) is 0 Å². The summed E-state index contributed by atoms with van der Waals surface area (Å²) >= 11 is 0. The van der Waals surface area contributed by atoms with E-state index in [0.29, 0.717) is 12.3 Å². The molecule has 0 bridgehead atoms. The molecule has 0 heterocycles. The molecule has 2 fully saturated rings. The molecule has 7 heteroatoms. The zero-order chi connectivity index (χ0) is 30.5. The Labute approximate surface area is 255 Å². The minimum atomic E-state index is -0.303. The van der Waals surface area contributed by atoms with E-state index < -0.39 is 0 Å². The maximum Gasteiger partial charge on any atom is 0.415 e. The van der Waals surface area contributed by atoms with Crippen molar-refractivity contribution in [2.45, 2.75) is 90.8 Å². The van der Waals surface area contributed by atoms with Gasteiger partial charge in [0.1, 0.15) is 5.75 Å². The average molecular weight is 582 g/mol. The minimum absolute atomic E-state index is 0.0845. The number of benzene rings is 3. The highest BCUT2D eigenvalue weighted by Crippen LogP contribution is 2.39. The van der Waals surface area contributed by atoms with E-state index in [1.807, 2.05) is 68.1 Å². The summed E-state index contributed by atoms with van der Waals surface area (Å²) in [6, 6.07) is 21.9. The highest BCUT2D eigenvalue weighted by atomic mass is 16.6. The summed E-state index contributed by atoms with van der Waals surface area (Å²) in [6.45, 7) is 7.97. The van der Waals surface area contributed by atoms with Crippen molar-refractivity contribution in [1.29, 1.82) is 0 Å². The Bertz CT molecular complexity index is 1450. The van der Waals surface area contributed by atoms with Gasteiger partial charge in [-0.3, -0.25) is 9.59 Å². The Morgan fingerprint density at radius 3 is 2.28 bits per heavy atom. The number of carbonyl (C=O) groups is 3. The third-order valence-corrected chi connectivity index (χ3v) is 8.93. The van der Waals surface area contributed by atoms with Gasteiger partial charge in [0.2, 0.25) is 11.8 Å². The van der Waals surface area contributed by atoms with Gasteiger partial charge in [-0.25, -0.2) is 4.79 Å². The lowest BCUT2D eigenvalue weighted by Crippen LogP contribution is -2.37. The largest absolute Gasteiger partial charge is 0.415 e. The molecule has 0 radical (unpaired) electrons. The Kier molecular flexibility index (Phi) is 9.49. The quantitative estimate of drug-likeness (QED) is 0.273. The zero-order valence-corrected chi connectivity index (χ0v) is 25.7. The van der Waals surface area contributed by atoms with Gasteiger partial charge < -0.3 is 20.3 Å². The number of hydrogen-bond donors (Lipinski definition) is 2. The third-order valence-electron chi connectivity index (χ3n) is 8.93. The van der Waals surface area contributed by atoms with Crippen molar-refractivity contribution < 1.29 is 19.1 Å². The molecule has 3 amide bonds. The average Bonchev–Trinajstić information content (AvgIpc) is 3.84. The van der Waals surface area contributed by atoms with E-state index in [0.717, 1.165) is 66.5 Å². The first kappa shape index (κ1) is 30.3. The van der Waals surface area contributed by atoms with Crippen LogP contribution >= 0.6 is 0 Å². The molecule has 2 N–H and O–H groups in total. The molecule has 3 atom stereocenters. The number of hydrogen-bond acceptors (Lipinski definition) is 4. The van der Waals surface area contributed by atoms with E-state index in [1.165, 1.54) is 12.5 Å². The van der Waals surface area contributed by atoms with Crippen LogP contribution in [0.1, 0.15) is 92.1 Å². The van der Waals surface area contributed by atoms with Crippen LogP contribution in [-0.2, 0) is 16.1 Å². The molecule has 0 aromatic heterocycles. The fourth-order valence-corrected chi connectivity index (χ4v) is 6.09. The molecule has 2 aliphatic carbocycles. The standard InChI is InChI=1S/C36H43N3O4/c1-23-8-7-11-34(24(23)2)43-36(42)39(31-20-21-31)22-27-12-14-29(15-13-27)32-9-5-6-10-33(32)35(41)37-25(3)28-16-18-30(19-17-28)38-26(4)40/h7-8,11-19,25,31-33H,5-6,9-10,20-22H2,1-4H3,(H,37,41)(H,38,40)/t25-,32+,33-/m0/s1. The topological polar surface area (TPSA) is 87.7 Å². The van der Waals surface area contributed by atoms with Crippen LogP contribution in [-0.4, -0.2) is 28.8 Å². The number of carbonyl (C=O) groups excluding carboxylic acids is 3. The molecular weight excluding hydrogens is 538 g/mol. The second-order valence-electron chi connectivity index (χ2n) is 12.2. The van der Waals surface area contributed by atoms with Gasteiger partial charge in [0.25, 0.3) is 0 Å². The van der Waals surface area contributed by atoms with Gasteiger partial charge in [-0.15, -0.1) is 0 Å². The van der Waals surface area contributed by atoms with E-state index >= 15 is 0 Å². The molecule has 226 valence electrons. The lowest BCUT2D eigenvalue weighted by Gasteiger charge is -2.32. The summed E-state index contributed by atoms with van der Waals surface area (Å²) in [6.07, 6.45) is 5.69. The number of nitrogens with one attached hydrogen (secondary N) is 2. The summed E-state index contributed by atoms with van der Waals surface area (Å²) in [7, 11) is 0. The van der Waals surface area contributed by atoms with Gasteiger partial charge in [0.05, 0.1) is 6.04 Å². The fourth-order valence-electron chi connectivity index (χ4n) is 6.09. The Morgan fingerprint density at radius 2 is 1.60 bits per heavy atom. The molecule has 2 saturated carbocycles. The van der Waals surface area contributed by atoms with Crippen LogP contribution in [0.4, 0.5) is 10.5 Å². The number of nitrogens with zero attached hydrogens (tertiary/aromatic N) is 1. The molecule has 2 aliphatic rings. The number of ether oxygens (including phenoxy) is 1. The number of amides is 3. The summed E-state index contributed by atoms with van der Waals surface area (Å²) < 4.78 is 5.83. The second kappa shape index (κ2) is 13.4. The molecule has 0 saturated heterocycles. The van der Waals surface area contributed by atoms with Crippen molar-refractivity contribution in [2.24, 2.45) is 5.92 Å². The Morgan fingerprint density at radius 1 is 0.907 bits per heavy atom. The second-order valence-corrected chi connectivity index (χ2v) is 12.2. The van der Waals surface area contributed by atoms with Crippen molar-refractivity contribution in [3.8, 4) is 5.75 Å². The first-order chi connectivity index (χ1) is 20.7. The van der Waals surface area contributed by atoms with E-state index in [9.17, 15) is 14.4 Å².